The molecular weight excluding hydrogens is 366 g/mol. The van der Waals surface area contributed by atoms with Crippen molar-refractivity contribution in [2.75, 3.05) is 7.11 Å². The van der Waals surface area contributed by atoms with Crippen molar-refractivity contribution < 1.29 is 8.95 Å². The van der Waals surface area contributed by atoms with Gasteiger partial charge in [-0.05, 0) is 56.9 Å². The molecule has 2 aromatic rings. The Morgan fingerprint density at radius 3 is 2.11 bits per heavy atom. The Kier molecular flexibility index (Phi) is 6.39. The van der Waals surface area contributed by atoms with Crippen molar-refractivity contribution in [2.45, 2.75) is 63.0 Å². The number of methoxy groups -OCH3 is 1. The summed E-state index contributed by atoms with van der Waals surface area (Å²) in [6, 6.07) is 18.6. The molecule has 1 aliphatic rings. The second-order valence-electron chi connectivity index (χ2n) is 8.54. The van der Waals surface area contributed by atoms with Crippen LogP contribution in [0, 0.1) is 0 Å². The van der Waals surface area contributed by atoms with E-state index in [-0.39, 0.29) is 5.41 Å². The molecule has 1 fully saturated rings. The number of hydrogen-bond donors (Lipinski definition) is 0. The molecule has 0 aliphatic heterocycles. The van der Waals surface area contributed by atoms with Crippen LogP contribution in [-0.2, 0) is 16.4 Å². The van der Waals surface area contributed by atoms with Crippen molar-refractivity contribution in [2.24, 2.45) is 4.40 Å². The molecule has 4 heteroatoms. The molecule has 1 aliphatic carbocycles. The summed E-state index contributed by atoms with van der Waals surface area (Å²) in [4.78, 5) is 0. The number of rotatable bonds is 5. The van der Waals surface area contributed by atoms with E-state index >= 15 is 0 Å². The molecule has 28 heavy (non-hydrogen) atoms. The number of benzene rings is 2. The molecule has 150 valence electrons. The minimum Gasteiger partial charge on any atom is -0.497 e. The van der Waals surface area contributed by atoms with Crippen LogP contribution < -0.4 is 4.74 Å². The number of nitrogens with zero attached hydrogens (tertiary/aromatic N) is 1. The number of hydrogen-bond acceptors (Lipinski definition) is 2. The second kappa shape index (κ2) is 8.60. The fourth-order valence-electron chi connectivity index (χ4n) is 3.96. The Bertz CT molecular complexity index is 829. The lowest BCUT2D eigenvalue weighted by atomic mass is 9.65. The third kappa shape index (κ3) is 4.38. The zero-order chi connectivity index (χ0) is 20.2. The predicted molar refractivity (Wildman–Crippen MR) is 119 cm³/mol. The summed E-state index contributed by atoms with van der Waals surface area (Å²) in [5.74, 6) is 0.853. The fraction of sp³-hybridized carbons (Fsp3) is 0.458. The molecule has 2 aromatic carbocycles. The van der Waals surface area contributed by atoms with Crippen molar-refractivity contribution in [1.29, 1.82) is 0 Å². The third-order valence-corrected chi connectivity index (χ3v) is 6.94. The predicted octanol–water partition coefficient (Wildman–Crippen LogP) is 5.85. The molecule has 0 heterocycles. The lowest BCUT2D eigenvalue weighted by Gasteiger charge is -2.39. The minimum atomic E-state index is -1.31. The first-order valence-corrected chi connectivity index (χ1v) is 11.2. The molecule has 0 spiro atoms. The molecule has 0 saturated heterocycles. The van der Waals surface area contributed by atoms with Crippen molar-refractivity contribution in [1.82, 2.24) is 0 Å². The van der Waals surface area contributed by atoms with Crippen LogP contribution >= 0.6 is 0 Å². The van der Waals surface area contributed by atoms with Crippen LogP contribution in [0.1, 0.15) is 64.0 Å². The van der Waals surface area contributed by atoms with Gasteiger partial charge in [0.1, 0.15) is 16.7 Å². The van der Waals surface area contributed by atoms with Gasteiger partial charge in [0.05, 0.1) is 17.6 Å². The van der Waals surface area contributed by atoms with Crippen molar-refractivity contribution in [3.63, 3.8) is 0 Å². The first kappa shape index (κ1) is 20.8. The van der Waals surface area contributed by atoms with Crippen molar-refractivity contribution in [3.8, 4) is 5.75 Å². The maximum Gasteiger partial charge on any atom is 0.145 e. The van der Waals surface area contributed by atoms with Gasteiger partial charge in [0, 0.05) is 5.41 Å². The minimum absolute atomic E-state index is 0.215. The van der Waals surface area contributed by atoms with E-state index in [0.717, 1.165) is 42.7 Å². The molecule has 1 atom stereocenters. The van der Waals surface area contributed by atoms with Crippen LogP contribution in [-0.4, -0.2) is 21.8 Å². The van der Waals surface area contributed by atoms with Crippen LogP contribution in [0.15, 0.2) is 59.0 Å². The van der Waals surface area contributed by atoms with Gasteiger partial charge >= 0.3 is 0 Å². The summed E-state index contributed by atoms with van der Waals surface area (Å²) in [6.45, 7) is 5.95. The third-order valence-electron chi connectivity index (χ3n) is 5.55. The summed E-state index contributed by atoms with van der Waals surface area (Å²) in [5.41, 5.74) is 3.05. The first-order chi connectivity index (χ1) is 13.4. The maximum absolute atomic E-state index is 13.1. The largest absolute Gasteiger partial charge is 0.497 e. The van der Waals surface area contributed by atoms with Crippen molar-refractivity contribution >= 4 is 16.7 Å². The van der Waals surface area contributed by atoms with E-state index in [9.17, 15) is 4.21 Å². The molecule has 3 nitrogen and oxygen atoms in total. The zero-order valence-electron chi connectivity index (χ0n) is 17.4. The molecule has 0 unspecified atom stereocenters. The van der Waals surface area contributed by atoms with Gasteiger partial charge in [-0.2, -0.15) is 4.40 Å². The van der Waals surface area contributed by atoms with E-state index < -0.39 is 15.7 Å². The Hall–Kier alpha value is -1.94. The molecule has 3 rings (SSSR count). The highest BCUT2D eigenvalue weighted by Gasteiger charge is 2.40. The molecule has 0 radical (unpaired) electrons. The Morgan fingerprint density at radius 2 is 1.57 bits per heavy atom. The SMILES string of the molecule is COc1ccc(C2(C(=N[S@@](=O)C(C)(C)C)c3ccccc3)CCCCC2)cc1. The number of ether oxygens (including phenoxy) is 1. The highest BCUT2D eigenvalue weighted by Crippen LogP contribution is 2.43. The average Bonchev–Trinajstić information content (AvgIpc) is 2.72. The van der Waals surface area contributed by atoms with Gasteiger partial charge in [-0.1, -0.05) is 61.7 Å². The van der Waals surface area contributed by atoms with Gasteiger partial charge in [0.15, 0.2) is 0 Å². The van der Waals surface area contributed by atoms with E-state index in [1.54, 1.807) is 7.11 Å². The van der Waals surface area contributed by atoms with E-state index in [1.807, 2.05) is 51.1 Å². The average molecular weight is 398 g/mol. The maximum atomic E-state index is 13.1. The summed E-state index contributed by atoms with van der Waals surface area (Å²) < 4.78 is 22.9. The van der Waals surface area contributed by atoms with Crippen LogP contribution in [0.25, 0.3) is 0 Å². The standard InChI is InChI=1S/C24H31NO2S/c1-23(2,3)28(26)25-22(19-11-7-5-8-12-19)24(17-9-6-10-18-24)20-13-15-21(27-4)16-14-20/h5,7-8,11-16H,6,9-10,17-18H2,1-4H3/t28-/m0/s1. The molecular formula is C24H31NO2S. The van der Waals surface area contributed by atoms with Gasteiger partial charge in [-0.25, -0.2) is 4.21 Å². The normalized spacial score (nSPS) is 18.5. The highest BCUT2D eigenvalue weighted by atomic mass is 32.2. The molecule has 0 bridgehead atoms. The molecule has 0 aromatic heterocycles. The van der Waals surface area contributed by atoms with Crippen LogP contribution in [0.2, 0.25) is 0 Å². The van der Waals surface area contributed by atoms with Gasteiger partial charge < -0.3 is 4.74 Å². The molecule has 0 N–H and O–H groups in total. The van der Waals surface area contributed by atoms with Crippen LogP contribution in [0.4, 0.5) is 0 Å². The van der Waals surface area contributed by atoms with Gasteiger partial charge in [0.25, 0.3) is 0 Å². The van der Waals surface area contributed by atoms with E-state index in [4.69, 9.17) is 9.13 Å². The quantitative estimate of drug-likeness (QED) is 0.594. The highest BCUT2D eigenvalue weighted by molar-refractivity contribution is 7.85. The molecule has 1 saturated carbocycles. The summed E-state index contributed by atoms with van der Waals surface area (Å²) in [5, 5.41) is 0. The Morgan fingerprint density at radius 1 is 0.964 bits per heavy atom. The monoisotopic (exact) mass is 397 g/mol. The second-order valence-corrected chi connectivity index (χ2v) is 10.4. The van der Waals surface area contributed by atoms with Crippen LogP contribution in [0.5, 0.6) is 5.75 Å². The summed E-state index contributed by atoms with van der Waals surface area (Å²) in [6.07, 6.45) is 5.59. The Balaban J connectivity index is 2.19. The van der Waals surface area contributed by atoms with Gasteiger partial charge in [0.2, 0.25) is 0 Å². The molecule has 0 amide bonds. The van der Waals surface area contributed by atoms with E-state index in [2.05, 4.69) is 24.3 Å². The lowest BCUT2D eigenvalue weighted by Crippen LogP contribution is -2.39. The van der Waals surface area contributed by atoms with Gasteiger partial charge in [-0.3, -0.25) is 0 Å². The van der Waals surface area contributed by atoms with E-state index in [1.165, 1.54) is 12.0 Å². The lowest BCUT2D eigenvalue weighted by molar-refractivity contribution is 0.379. The van der Waals surface area contributed by atoms with Crippen LogP contribution in [0.3, 0.4) is 0 Å². The first-order valence-electron chi connectivity index (χ1n) is 10.1. The summed E-state index contributed by atoms with van der Waals surface area (Å²) in [7, 11) is 0.377. The smallest absolute Gasteiger partial charge is 0.145 e. The zero-order valence-corrected chi connectivity index (χ0v) is 18.2. The van der Waals surface area contributed by atoms with Crippen molar-refractivity contribution in [3.05, 3.63) is 65.7 Å². The topological polar surface area (TPSA) is 38.7 Å². The fourth-order valence-corrected chi connectivity index (χ4v) is 4.68. The summed E-state index contributed by atoms with van der Waals surface area (Å²) >= 11 is 0. The Labute approximate surface area is 171 Å². The van der Waals surface area contributed by atoms with Gasteiger partial charge in [-0.15, -0.1) is 0 Å². The van der Waals surface area contributed by atoms with E-state index in [0.29, 0.717) is 0 Å².